The largest absolute Gasteiger partial charge is 0.497 e. The van der Waals surface area contributed by atoms with Crippen molar-refractivity contribution >= 4 is 17.2 Å². The van der Waals surface area contributed by atoms with E-state index in [4.69, 9.17) is 4.74 Å². The molecule has 4 rings (SSSR count). The number of ether oxygens (including phenoxy) is 1. The van der Waals surface area contributed by atoms with Crippen molar-refractivity contribution in [3.8, 4) is 16.9 Å². The maximum Gasteiger partial charge on any atom is 0.253 e. The number of rotatable bonds is 5. The zero-order valence-corrected chi connectivity index (χ0v) is 15.8. The Kier molecular flexibility index (Phi) is 5.13. The molecule has 0 saturated heterocycles. The SMILES string of the molecule is COc1ccc(-c2cncc(C(=O)NCc3nc4c(s3)CNCC4)c2)cc1. The third-order valence-electron chi connectivity index (χ3n) is 4.47. The van der Waals surface area contributed by atoms with Crippen LogP contribution in [0.2, 0.25) is 0 Å². The van der Waals surface area contributed by atoms with Crippen LogP contribution in [0.15, 0.2) is 42.7 Å². The lowest BCUT2D eigenvalue weighted by atomic mass is 10.1. The van der Waals surface area contributed by atoms with Gasteiger partial charge in [-0.1, -0.05) is 12.1 Å². The number of fused-ring (bicyclic) bond motifs is 1. The lowest BCUT2D eigenvalue weighted by Crippen LogP contribution is -2.23. The quantitative estimate of drug-likeness (QED) is 0.712. The van der Waals surface area contributed by atoms with Crippen molar-refractivity contribution in [2.45, 2.75) is 19.5 Å². The maximum absolute atomic E-state index is 12.5. The second-order valence-electron chi connectivity index (χ2n) is 6.28. The summed E-state index contributed by atoms with van der Waals surface area (Å²) < 4.78 is 5.18. The molecule has 3 aromatic rings. The van der Waals surface area contributed by atoms with Crippen molar-refractivity contribution in [2.75, 3.05) is 13.7 Å². The van der Waals surface area contributed by atoms with Crippen molar-refractivity contribution in [3.05, 3.63) is 63.9 Å². The molecule has 27 heavy (non-hydrogen) atoms. The first kappa shape index (κ1) is 17.6. The number of carbonyl (C=O) groups excluding carboxylic acids is 1. The summed E-state index contributed by atoms with van der Waals surface area (Å²) in [7, 11) is 1.64. The van der Waals surface area contributed by atoms with Gasteiger partial charge in [-0.15, -0.1) is 11.3 Å². The minimum Gasteiger partial charge on any atom is -0.497 e. The van der Waals surface area contributed by atoms with E-state index in [2.05, 4.69) is 20.6 Å². The standard InChI is InChI=1S/C20H20N4O2S/c1-26-16-4-2-13(3-5-16)14-8-15(10-22-9-14)20(25)23-12-19-24-17-6-7-21-11-18(17)27-19/h2-5,8-10,21H,6-7,11-12H2,1H3,(H,23,25). The maximum atomic E-state index is 12.5. The number of benzene rings is 1. The molecule has 6 nitrogen and oxygen atoms in total. The van der Waals surface area contributed by atoms with Crippen molar-refractivity contribution in [2.24, 2.45) is 0 Å². The molecule has 0 radical (unpaired) electrons. The van der Waals surface area contributed by atoms with Crippen molar-refractivity contribution in [1.82, 2.24) is 20.6 Å². The molecule has 0 unspecified atom stereocenters. The number of nitrogens with one attached hydrogen (secondary N) is 2. The van der Waals surface area contributed by atoms with Crippen molar-refractivity contribution < 1.29 is 9.53 Å². The van der Waals surface area contributed by atoms with Gasteiger partial charge in [0, 0.05) is 42.3 Å². The number of methoxy groups -OCH3 is 1. The average molecular weight is 380 g/mol. The smallest absolute Gasteiger partial charge is 0.253 e. The van der Waals surface area contributed by atoms with Crippen LogP contribution < -0.4 is 15.4 Å². The Labute approximate surface area is 161 Å². The van der Waals surface area contributed by atoms with E-state index >= 15 is 0 Å². The molecule has 3 heterocycles. The van der Waals surface area contributed by atoms with Crippen LogP contribution in [-0.2, 0) is 19.5 Å². The molecule has 7 heteroatoms. The summed E-state index contributed by atoms with van der Waals surface area (Å²) >= 11 is 1.66. The molecule has 0 bridgehead atoms. The Morgan fingerprint density at radius 3 is 2.89 bits per heavy atom. The van der Waals surface area contributed by atoms with Gasteiger partial charge in [-0.25, -0.2) is 4.98 Å². The molecular weight excluding hydrogens is 360 g/mol. The summed E-state index contributed by atoms with van der Waals surface area (Å²) in [4.78, 5) is 22.7. The highest BCUT2D eigenvalue weighted by Gasteiger charge is 2.15. The zero-order valence-electron chi connectivity index (χ0n) is 15.0. The molecule has 138 valence electrons. The monoisotopic (exact) mass is 380 g/mol. The second-order valence-corrected chi connectivity index (χ2v) is 7.45. The van der Waals surface area contributed by atoms with Gasteiger partial charge in [0.05, 0.1) is 24.9 Å². The van der Waals surface area contributed by atoms with Gasteiger partial charge >= 0.3 is 0 Å². The summed E-state index contributed by atoms with van der Waals surface area (Å²) in [6, 6.07) is 9.53. The first-order valence-electron chi connectivity index (χ1n) is 8.79. The van der Waals surface area contributed by atoms with E-state index in [-0.39, 0.29) is 5.91 Å². The van der Waals surface area contributed by atoms with Crippen LogP contribution in [0.4, 0.5) is 0 Å². The number of hydrogen-bond donors (Lipinski definition) is 2. The van der Waals surface area contributed by atoms with Crippen LogP contribution >= 0.6 is 11.3 Å². The van der Waals surface area contributed by atoms with E-state index in [1.165, 1.54) is 4.88 Å². The van der Waals surface area contributed by atoms with Crippen molar-refractivity contribution in [1.29, 1.82) is 0 Å². The fourth-order valence-electron chi connectivity index (χ4n) is 3.02. The molecule has 0 fully saturated rings. The molecule has 0 atom stereocenters. The molecule has 2 aromatic heterocycles. The highest BCUT2D eigenvalue weighted by atomic mass is 32.1. The Hall–Kier alpha value is -2.77. The lowest BCUT2D eigenvalue weighted by Gasteiger charge is -2.09. The number of aromatic nitrogens is 2. The van der Waals surface area contributed by atoms with Gasteiger partial charge in [-0.2, -0.15) is 0 Å². The molecule has 1 aromatic carbocycles. The van der Waals surface area contributed by atoms with Crippen LogP contribution in [0.25, 0.3) is 11.1 Å². The minimum absolute atomic E-state index is 0.149. The van der Waals surface area contributed by atoms with E-state index in [0.29, 0.717) is 12.1 Å². The molecule has 1 aliphatic rings. The summed E-state index contributed by atoms with van der Waals surface area (Å²) in [5.41, 5.74) is 3.57. The number of pyridine rings is 1. The Bertz CT molecular complexity index is 929. The molecule has 1 amide bonds. The molecule has 0 saturated carbocycles. The second kappa shape index (κ2) is 7.85. The van der Waals surface area contributed by atoms with Gasteiger partial charge in [-0.05, 0) is 23.8 Å². The van der Waals surface area contributed by atoms with E-state index in [1.54, 1.807) is 30.8 Å². The van der Waals surface area contributed by atoms with Crippen LogP contribution in [0.1, 0.15) is 25.9 Å². The molecule has 1 aliphatic heterocycles. The topological polar surface area (TPSA) is 76.1 Å². The number of amides is 1. The van der Waals surface area contributed by atoms with Gasteiger partial charge in [0.25, 0.3) is 5.91 Å². The fraction of sp³-hybridized carbons (Fsp3) is 0.250. The van der Waals surface area contributed by atoms with Crippen LogP contribution in [0.3, 0.4) is 0 Å². The van der Waals surface area contributed by atoms with E-state index < -0.39 is 0 Å². The minimum atomic E-state index is -0.149. The van der Waals surface area contributed by atoms with Crippen LogP contribution in [0.5, 0.6) is 5.75 Å². The van der Waals surface area contributed by atoms with Gasteiger partial charge in [-0.3, -0.25) is 9.78 Å². The van der Waals surface area contributed by atoms with Gasteiger partial charge in [0.15, 0.2) is 0 Å². The number of carbonyl (C=O) groups is 1. The number of thiazole rings is 1. The first-order chi connectivity index (χ1) is 13.2. The van der Waals surface area contributed by atoms with Crippen LogP contribution in [0, 0.1) is 0 Å². The molecule has 0 aliphatic carbocycles. The summed E-state index contributed by atoms with van der Waals surface area (Å²) in [5, 5.41) is 7.23. The normalized spacial score (nSPS) is 13.1. The molecule has 2 N–H and O–H groups in total. The lowest BCUT2D eigenvalue weighted by molar-refractivity contribution is 0.0950. The van der Waals surface area contributed by atoms with Gasteiger partial charge < -0.3 is 15.4 Å². The number of hydrogen-bond acceptors (Lipinski definition) is 6. The Morgan fingerprint density at radius 1 is 1.26 bits per heavy atom. The third-order valence-corrected chi connectivity index (χ3v) is 5.57. The van der Waals surface area contributed by atoms with E-state index in [9.17, 15) is 4.79 Å². The fourth-order valence-corrected chi connectivity index (χ4v) is 4.04. The van der Waals surface area contributed by atoms with Crippen molar-refractivity contribution in [3.63, 3.8) is 0 Å². The predicted molar refractivity (Wildman–Crippen MR) is 105 cm³/mol. The predicted octanol–water partition coefficient (Wildman–Crippen LogP) is 2.79. The molecule has 0 spiro atoms. The highest BCUT2D eigenvalue weighted by Crippen LogP contribution is 2.23. The highest BCUT2D eigenvalue weighted by molar-refractivity contribution is 7.11. The van der Waals surface area contributed by atoms with Gasteiger partial charge in [0.1, 0.15) is 10.8 Å². The average Bonchev–Trinajstić information content (AvgIpc) is 3.15. The Morgan fingerprint density at radius 2 is 2.11 bits per heavy atom. The summed E-state index contributed by atoms with van der Waals surface area (Å²) in [5.74, 6) is 0.645. The third kappa shape index (κ3) is 3.99. The summed E-state index contributed by atoms with van der Waals surface area (Å²) in [6.07, 6.45) is 4.28. The van der Waals surface area contributed by atoms with E-state index in [0.717, 1.165) is 47.1 Å². The first-order valence-corrected chi connectivity index (χ1v) is 9.60. The van der Waals surface area contributed by atoms with Crippen LogP contribution in [-0.4, -0.2) is 29.5 Å². The number of nitrogens with zero attached hydrogens (tertiary/aromatic N) is 2. The molecular formula is C20H20N4O2S. The summed E-state index contributed by atoms with van der Waals surface area (Å²) in [6.45, 7) is 2.27. The van der Waals surface area contributed by atoms with E-state index in [1.807, 2.05) is 30.3 Å². The Balaban J connectivity index is 1.44. The van der Waals surface area contributed by atoms with Gasteiger partial charge in [0.2, 0.25) is 0 Å². The zero-order chi connectivity index (χ0) is 18.6.